The van der Waals surface area contributed by atoms with Gasteiger partial charge in [0.1, 0.15) is 13.6 Å². The number of pyridine rings is 1. The molecule has 0 unspecified atom stereocenters. The van der Waals surface area contributed by atoms with Crippen LogP contribution in [-0.2, 0) is 0 Å². The van der Waals surface area contributed by atoms with E-state index in [0.29, 0.717) is 19.1 Å². The van der Waals surface area contributed by atoms with Gasteiger partial charge in [-0.2, -0.15) is 0 Å². The molecule has 0 atom stereocenters. The third-order valence-electron chi connectivity index (χ3n) is 2.47. The van der Waals surface area contributed by atoms with Crippen LogP contribution >= 0.6 is 0 Å². The fourth-order valence-electron chi connectivity index (χ4n) is 1.49. The van der Waals surface area contributed by atoms with Gasteiger partial charge in [-0.25, -0.2) is 4.98 Å². The van der Waals surface area contributed by atoms with Crippen molar-refractivity contribution in [1.29, 1.82) is 0 Å². The Morgan fingerprint density at radius 1 is 0.944 bits per heavy atom. The van der Waals surface area contributed by atoms with Crippen molar-refractivity contribution in [3.63, 3.8) is 0 Å². The normalized spacial score (nSPS) is 10.0. The van der Waals surface area contributed by atoms with Gasteiger partial charge in [-0.05, 0) is 18.2 Å². The summed E-state index contributed by atoms with van der Waals surface area (Å²) in [6.07, 6.45) is 2.56. The Hall–Kier alpha value is -1.97. The molecule has 0 N–H and O–H groups in total. The monoisotopic (exact) mass is 241 g/mol. The maximum Gasteiger partial charge on any atom is 0.213 e. The van der Waals surface area contributed by atoms with E-state index >= 15 is 0 Å². The molecule has 92 valence electrons. The van der Waals surface area contributed by atoms with Crippen LogP contribution in [0.5, 0.6) is 11.6 Å². The lowest BCUT2D eigenvalue weighted by Gasteiger charge is -2.07. The van der Waals surface area contributed by atoms with Gasteiger partial charge in [0.05, 0.1) is 13.2 Å². The molecule has 0 aliphatic heterocycles. The van der Waals surface area contributed by atoms with Crippen LogP contribution in [0.25, 0.3) is 0 Å². The van der Waals surface area contributed by atoms with Crippen LogP contribution in [0.15, 0.2) is 48.7 Å². The molecule has 0 saturated heterocycles. The predicted molar refractivity (Wildman–Crippen MR) is 74.5 cm³/mol. The first-order valence-corrected chi connectivity index (χ1v) is 6.08. The van der Waals surface area contributed by atoms with Crippen molar-refractivity contribution >= 4 is 13.3 Å². The van der Waals surface area contributed by atoms with Crippen molar-refractivity contribution < 1.29 is 9.47 Å². The van der Waals surface area contributed by atoms with Gasteiger partial charge < -0.3 is 9.47 Å². The summed E-state index contributed by atoms with van der Waals surface area (Å²) in [6, 6.07) is 13.7. The van der Waals surface area contributed by atoms with Gasteiger partial charge >= 0.3 is 0 Å². The smallest absolute Gasteiger partial charge is 0.213 e. The molecule has 0 aliphatic carbocycles. The highest BCUT2D eigenvalue weighted by Crippen LogP contribution is 2.08. The number of aromatic nitrogens is 1. The minimum absolute atomic E-state index is 0.614. The lowest BCUT2D eigenvalue weighted by atomic mass is 9.97. The fourth-order valence-corrected chi connectivity index (χ4v) is 1.49. The Morgan fingerprint density at radius 2 is 1.72 bits per heavy atom. The van der Waals surface area contributed by atoms with Crippen molar-refractivity contribution in [2.24, 2.45) is 0 Å². The summed E-state index contributed by atoms with van der Waals surface area (Å²) in [5, 5.41) is 0. The van der Waals surface area contributed by atoms with Gasteiger partial charge in [0.25, 0.3) is 0 Å². The van der Waals surface area contributed by atoms with Crippen LogP contribution in [0.2, 0.25) is 0 Å². The van der Waals surface area contributed by atoms with E-state index in [2.05, 4.69) is 12.8 Å². The maximum absolute atomic E-state index is 5.60. The van der Waals surface area contributed by atoms with Gasteiger partial charge in [-0.1, -0.05) is 23.7 Å². The molecular weight excluding hydrogens is 225 g/mol. The molecule has 18 heavy (non-hydrogen) atoms. The lowest BCUT2D eigenvalue weighted by molar-refractivity contribution is 0.242. The van der Waals surface area contributed by atoms with Crippen LogP contribution in [0.4, 0.5) is 0 Å². The van der Waals surface area contributed by atoms with Gasteiger partial charge in [-0.15, -0.1) is 0 Å². The Kier molecular flexibility index (Phi) is 4.64. The van der Waals surface area contributed by atoms with Gasteiger partial charge in [0, 0.05) is 18.7 Å². The average Bonchev–Trinajstić information content (AvgIpc) is 2.42. The molecule has 1 aromatic heterocycles. The van der Waals surface area contributed by atoms with Gasteiger partial charge in [-0.3, -0.25) is 0 Å². The molecule has 3 nitrogen and oxygen atoms in total. The Labute approximate surface area is 108 Å². The molecule has 0 aliphatic rings. The van der Waals surface area contributed by atoms with Crippen LogP contribution in [0.1, 0.15) is 6.42 Å². The molecule has 0 bridgehead atoms. The van der Waals surface area contributed by atoms with E-state index in [4.69, 9.17) is 9.47 Å². The van der Waals surface area contributed by atoms with E-state index in [-0.39, 0.29) is 0 Å². The molecule has 2 rings (SSSR count). The first kappa shape index (κ1) is 12.5. The number of rotatable bonds is 6. The largest absolute Gasteiger partial charge is 0.493 e. The zero-order valence-corrected chi connectivity index (χ0v) is 10.5. The Morgan fingerprint density at radius 3 is 2.44 bits per heavy atom. The van der Waals surface area contributed by atoms with Crippen LogP contribution in [0, 0.1) is 0 Å². The SMILES string of the molecule is Bc1ccc(OCCCOc2ccccn2)cc1. The summed E-state index contributed by atoms with van der Waals surface area (Å²) < 4.78 is 11.1. The minimum Gasteiger partial charge on any atom is -0.493 e. The molecular formula is C14H16BNO2. The molecule has 0 saturated carbocycles. The van der Waals surface area contributed by atoms with Crippen LogP contribution in [0.3, 0.4) is 0 Å². The summed E-state index contributed by atoms with van der Waals surface area (Å²) >= 11 is 0. The third-order valence-corrected chi connectivity index (χ3v) is 2.47. The van der Waals surface area contributed by atoms with E-state index in [1.807, 2.05) is 42.5 Å². The highest BCUT2D eigenvalue weighted by Gasteiger charge is 1.95. The summed E-state index contributed by atoms with van der Waals surface area (Å²) in [5.74, 6) is 1.56. The Balaban J connectivity index is 1.63. The number of nitrogens with zero attached hydrogens (tertiary/aromatic N) is 1. The molecule has 4 heteroatoms. The predicted octanol–water partition coefficient (Wildman–Crippen LogP) is 1.19. The van der Waals surface area contributed by atoms with Crippen molar-refractivity contribution in [3.8, 4) is 11.6 Å². The number of hydrogen-bond donors (Lipinski definition) is 0. The zero-order chi connectivity index (χ0) is 12.6. The molecule has 0 spiro atoms. The summed E-state index contributed by atoms with van der Waals surface area (Å²) in [5.41, 5.74) is 1.24. The van der Waals surface area contributed by atoms with Gasteiger partial charge in [0.2, 0.25) is 5.88 Å². The van der Waals surface area contributed by atoms with E-state index in [0.717, 1.165) is 12.2 Å². The fraction of sp³-hybridized carbons (Fsp3) is 0.214. The second-order valence-electron chi connectivity index (χ2n) is 4.03. The van der Waals surface area contributed by atoms with Crippen LogP contribution < -0.4 is 14.9 Å². The molecule has 1 aromatic carbocycles. The quantitative estimate of drug-likeness (QED) is 0.562. The summed E-state index contributed by atoms with van der Waals surface area (Å²) in [6.45, 7) is 1.26. The first-order chi connectivity index (χ1) is 8.84. The third kappa shape index (κ3) is 4.13. The molecule has 1 heterocycles. The molecule has 2 aromatic rings. The van der Waals surface area contributed by atoms with Crippen molar-refractivity contribution in [1.82, 2.24) is 4.98 Å². The number of hydrogen-bond acceptors (Lipinski definition) is 3. The number of benzene rings is 1. The second kappa shape index (κ2) is 6.69. The first-order valence-electron chi connectivity index (χ1n) is 6.08. The molecule has 0 amide bonds. The topological polar surface area (TPSA) is 31.4 Å². The highest BCUT2D eigenvalue weighted by atomic mass is 16.5. The van der Waals surface area contributed by atoms with E-state index in [1.165, 1.54) is 5.46 Å². The maximum atomic E-state index is 5.60. The zero-order valence-electron chi connectivity index (χ0n) is 10.5. The van der Waals surface area contributed by atoms with E-state index in [9.17, 15) is 0 Å². The Bertz CT molecular complexity index is 459. The molecule has 0 fully saturated rings. The standard InChI is InChI=1S/C14H16BNO2/c15-12-5-7-13(8-6-12)17-10-3-11-18-14-4-1-2-9-16-14/h1-2,4-9H,3,10-11,15H2. The van der Waals surface area contributed by atoms with Crippen LogP contribution in [-0.4, -0.2) is 26.0 Å². The van der Waals surface area contributed by atoms with Crippen molar-refractivity contribution in [3.05, 3.63) is 48.7 Å². The summed E-state index contributed by atoms with van der Waals surface area (Å²) in [7, 11) is 2.06. The van der Waals surface area contributed by atoms with E-state index in [1.54, 1.807) is 6.20 Å². The molecule has 0 radical (unpaired) electrons. The lowest BCUT2D eigenvalue weighted by Crippen LogP contribution is -2.06. The average molecular weight is 241 g/mol. The van der Waals surface area contributed by atoms with Gasteiger partial charge in [0.15, 0.2) is 0 Å². The van der Waals surface area contributed by atoms with E-state index < -0.39 is 0 Å². The minimum atomic E-state index is 0.614. The van der Waals surface area contributed by atoms with Crippen molar-refractivity contribution in [2.45, 2.75) is 6.42 Å². The second-order valence-corrected chi connectivity index (χ2v) is 4.03. The summed E-state index contributed by atoms with van der Waals surface area (Å²) in [4.78, 5) is 4.08. The number of ether oxygens (including phenoxy) is 2. The highest BCUT2D eigenvalue weighted by molar-refractivity contribution is 6.32. The van der Waals surface area contributed by atoms with Crippen molar-refractivity contribution in [2.75, 3.05) is 13.2 Å².